The van der Waals surface area contributed by atoms with Crippen LogP contribution in [0, 0.1) is 6.92 Å². The Morgan fingerprint density at radius 2 is 1.94 bits per heavy atom. The van der Waals surface area contributed by atoms with Crippen molar-refractivity contribution >= 4 is 23.1 Å². The summed E-state index contributed by atoms with van der Waals surface area (Å²) in [7, 11) is 1.26. The molecule has 0 aliphatic heterocycles. The molecule has 17 heavy (non-hydrogen) atoms. The third-order valence-electron chi connectivity index (χ3n) is 2.28. The van der Waals surface area contributed by atoms with E-state index in [9.17, 15) is 9.59 Å². The first kappa shape index (κ1) is 11.6. The Morgan fingerprint density at radius 3 is 2.53 bits per heavy atom. The molecule has 0 saturated heterocycles. The van der Waals surface area contributed by atoms with Gasteiger partial charge in [0.2, 0.25) is 11.5 Å². The Bertz CT molecular complexity index is 565. The topological polar surface area (TPSA) is 56.5 Å². The largest absolute Gasteiger partial charge is 0.463 e. The summed E-state index contributed by atoms with van der Waals surface area (Å²) < 4.78 is 9.66. The van der Waals surface area contributed by atoms with Crippen molar-refractivity contribution in [3.8, 4) is 0 Å². The number of ether oxygens (including phenoxy) is 1. The van der Waals surface area contributed by atoms with Crippen molar-refractivity contribution < 1.29 is 18.7 Å². The van der Waals surface area contributed by atoms with E-state index in [0.717, 1.165) is 5.56 Å². The third kappa shape index (κ3) is 2.14. The molecular weight excluding hydrogens is 240 g/mol. The fourth-order valence-electron chi connectivity index (χ4n) is 1.39. The maximum absolute atomic E-state index is 12.0. The third-order valence-corrected chi connectivity index (χ3v) is 3.30. The maximum Gasteiger partial charge on any atom is 0.373 e. The molecule has 0 bridgehead atoms. The summed E-state index contributed by atoms with van der Waals surface area (Å²) in [5.41, 5.74) is 0.899. The van der Waals surface area contributed by atoms with Gasteiger partial charge in [0.25, 0.3) is 0 Å². The zero-order valence-electron chi connectivity index (χ0n) is 9.35. The van der Waals surface area contributed by atoms with Crippen LogP contribution in [0.3, 0.4) is 0 Å². The Hall–Kier alpha value is -1.88. The van der Waals surface area contributed by atoms with Crippen LogP contribution in [0.2, 0.25) is 0 Å². The van der Waals surface area contributed by atoms with Gasteiger partial charge in [-0.25, -0.2) is 4.79 Å². The fraction of sp³-hybridized carbons (Fsp3) is 0.167. The van der Waals surface area contributed by atoms with E-state index >= 15 is 0 Å². The van der Waals surface area contributed by atoms with Crippen molar-refractivity contribution in [2.75, 3.05) is 7.11 Å². The molecule has 2 aromatic rings. The highest BCUT2D eigenvalue weighted by Crippen LogP contribution is 2.21. The number of hydrogen-bond donors (Lipinski definition) is 0. The van der Waals surface area contributed by atoms with Gasteiger partial charge in [-0.1, -0.05) is 0 Å². The molecule has 0 aliphatic carbocycles. The van der Waals surface area contributed by atoms with Crippen molar-refractivity contribution in [2.24, 2.45) is 0 Å². The van der Waals surface area contributed by atoms with Crippen LogP contribution in [0.1, 0.15) is 31.6 Å². The van der Waals surface area contributed by atoms with E-state index < -0.39 is 5.97 Å². The summed E-state index contributed by atoms with van der Waals surface area (Å²) in [6.07, 6.45) is 0. The second-order valence-corrected chi connectivity index (χ2v) is 4.33. The molecule has 0 amide bonds. The van der Waals surface area contributed by atoms with Crippen LogP contribution in [0.15, 0.2) is 28.0 Å². The molecule has 0 spiro atoms. The molecule has 88 valence electrons. The van der Waals surface area contributed by atoms with Crippen LogP contribution in [0.5, 0.6) is 0 Å². The summed E-state index contributed by atoms with van der Waals surface area (Å²) in [6.45, 7) is 1.86. The molecule has 0 fully saturated rings. The lowest BCUT2D eigenvalue weighted by Crippen LogP contribution is -2.00. The maximum atomic E-state index is 12.0. The number of carbonyl (C=O) groups excluding carboxylic acids is 2. The first-order valence-corrected chi connectivity index (χ1v) is 5.78. The van der Waals surface area contributed by atoms with Crippen LogP contribution in [-0.2, 0) is 4.74 Å². The van der Waals surface area contributed by atoms with E-state index in [2.05, 4.69) is 4.74 Å². The zero-order chi connectivity index (χ0) is 12.4. The van der Waals surface area contributed by atoms with Gasteiger partial charge in [-0.15, -0.1) is 11.3 Å². The number of thiophene rings is 1. The van der Waals surface area contributed by atoms with Gasteiger partial charge in [0, 0.05) is 0 Å². The highest BCUT2D eigenvalue weighted by atomic mass is 32.1. The normalized spacial score (nSPS) is 10.2. The summed E-state index contributed by atoms with van der Waals surface area (Å²) in [5, 5.41) is 1.84. The van der Waals surface area contributed by atoms with E-state index in [1.165, 1.54) is 30.6 Å². The summed E-state index contributed by atoms with van der Waals surface area (Å²) >= 11 is 1.35. The molecule has 0 saturated carbocycles. The van der Waals surface area contributed by atoms with E-state index in [-0.39, 0.29) is 17.3 Å². The van der Waals surface area contributed by atoms with Gasteiger partial charge in [0.05, 0.1) is 12.0 Å². The fourth-order valence-corrected chi connectivity index (χ4v) is 2.26. The second-order valence-electron chi connectivity index (χ2n) is 3.42. The molecule has 0 N–H and O–H groups in total. The Balaban J connectivity index is 2.30. The number of aryl methyl sites for hydroxylation is 1. The smallest absolute Gasteiger partial charge is 0.373 e. The van der Waals surface area contributed by atoms with Gasteiger partial charge >= 0.3 is 5.97 Å². The first-order chi connectivity index (χ1) is 8.13. The molecule has 2 heterocycles. The lowest BCUT2D eigenvalue weighted by molar-refractivity contribution is 0.0563. The number of methoxy groups -OCH3 is 1. The molecule has 0 radical (unpaired) electrons. The molecule has 2 aromatic heterocycles. The van der Waals surface area contributed by atoms with Crippen LogP contribution in [0.4, 0.5) is 0 Å². The lowest BCUT2D eigenvalue weighted by atomic mass is 10.2. The van der Waals surface area contributed by atoms with Gasteiger partial charge in [0.1, 0.15) is 0 Å². The van der Waals surface area contributed by atoms with Gasteiger partial charge in [-0.3, -0.25) is 4.79 Å². The second kappa shape index (κ2) is 4.55. The molecule has 0 aromatic carbocycles. The Morgan fingerprint density at radius 1 is 1.24 bits per heavy atom. The van der Waals surface area contributed by atoms with Crippen molar-refractivity contribution in [2.45, 2.75) is 6.92 Å². The van der Waals surface area contributed by atoms with Crippen molar-refractivity contribution in [1.82, 2.24) is 0 Å². The van der Waals surface area contributed by atoms with Gasteiger partial charge in [-0.2, -0.15) is 0 Å². The molecular formula is C12H10O4S. The Labute approximate surface area is 102 Å². The molecule has 2 rings (SSSR count). The summed E-state index contributed by atoms with van der Waals surface area (Å²) in [4.78, 5) is 23.8. The van der Waals surface area contributed by atoms with E-state index in [0.29, 0.717) is 4.88 Å². The van der Waals surface area contributed by atoms with Crippen LogP contribution >= 0.6 is 11.3 Å². The lowest BCUT2D eigenvalue weighted by Gasteiger charge is -1.96. The molecule has 0 aliphatic rings. The SMILES string of the molecule is COC(=O)c1ccc(C(=O)c2sccc2C)o1. The predicted octanol–water partition coefficient (Wildman–Crippen LogP) is 2.67. The zero-order valence-corrected chi connectivity index (χ0v) is 10.2. The van der Waals surface area contributed by atoms with Gasteiger partial charge in [0.15, 0.2) is 5.76 Å². The minimum atomic E-state index is -0.591. The highest BCUT2D eigenvalue weighted by Gasteiger charge is 2.19. The van der Waals surface area contributed by atoms with Crippen molar-refractivity contribution in [3.63, 3.8) is 0 Å². The minimum absolute atomic E-state index is 0.0325. The van der Waals surface area contributed by atoms with Gasteiger partial charge < -0.3 is 9.15 Å². The summed E-state index contributed by atoms with van der Waals surface area (Å²) in [6, 6.07) is 4.78. The Kier molecular flexibility index (Phi) is 3.10. The standard InChI is InChI=1S/C12H10O4S/c1-7-5-6-17-11(7)10(13)8-3-4-9(16-8)12(14)15-2/h3-6H,1-2H3. The average Bonchev–Trinajstić information content (AvgIpc) is 2.95. The minimum Gasteiger partial charge on any atom is -0.463 e. The number of carbonyl (C=O) groups is 2. The van der Waals surface area contributed by atoms with Crippen LogP contribution in [0.25, 0.3) is 0 Å². The number of ketones is 1. The molecule has 0 atom stereocenters. The van der Waals surface area contributed by atoms with E-state index in [4.69, 9.17) is 4.42 Å². The highest BCUT2D eigenvalue weighted by molar-refractivity contribution is 7.12. The number of rotatable bonds is 3. The predicted molar refractivity (Wildman–Crippen MR) is 62.5 cm³/mol. The van der Waals surface area contributed by atoms with Crippen molar-refractivity contribution in [3.05, 3.63) is 45.5 Å². The number of esters is 1. The molecule has 0 unspecified atom stereocenters. The van der Waals surface area contributed by atoms with Crippen LogP contribution in [-0.4, -0.2) is 18.9 Å². The number of furan rings is 1. The van der Waals surface area contributed by atoms with Crippen LogP contribution < -0.4 is 0 Å². The monoisotopic (exact) mass is 250 g/mol. The van der Waals surface area contributed by atoms with Gasteiger partial charge in [-0.05, 0) is 36.1 Å². The molecule has 5 heteroatoms. The van der Waals surface area contributed by atoms with E-state index in [1.807, 2.05) is 18.4 Å². The summed E-state index contributed by atoms with van der Waals surface area (Å²) in [5.74, 6) is -0.624. The van der Waals surface area contributed by atoms with E-state index in [1.54, 1.807) is 0 Å². The first-order valence-electron chi connectivity index (χ1n) is 4.90. The molecule has 4 nitrogen and oxygen atoms in total. The number of hydrogen-bond acceptors (Lipinski definition) is 5. The van der Waals surface area contributed by atoms with Crippen molar-refractivity contribution in [1.29, 1.82) is 0 Å². The quantitative estimate of drug-likeness (QED) is 0.620. The average molecular weight is 250 g/mol.